The Morgan fingerprint density at radius 2 is 2.31 bits per heavy atom. The molecule has 0 atom stereocenters. The monoisotopic (exact) mass is 203 g/mol. The van der Waals surface area contributed by atoms with Gasteiger partial charge >= 0.3 is 5.97 Å². The lowest BCUT2D eigenvalue weighted by atomic mass is 10.3. The topological polar surface area (TPSA) is 77.2 Å². The lowest BCUT2D eigenvalue weighted by Gasteiger charge is -1.99. The number of pyridine rings is 1. The van der Waals surface area contributed by atoms with Crippen molar-refractivity contribution in [3.8, 4) is 0 Å². The Balaban J connectivity index is 0.00000144. The van der Waals surface area contributed by atoms with Gasteiger partial charge in [-0.2, -0.15) is 0 Å². The van der Waals surface area contributed by atoms with Gasteiger partial charge in [0.05, 0.1) is 19.0 Å². The van der Waals surface area contributed by atoms with E-state index in [9.17, 15) is 4.79 Å². The van der Waals surface area contributed by atoms with Gasteiger partial charge in [0.1, 0.15) is 5.69 Å². The van der Waals surface area contributed by atoms with Crippen molar-refractivity contribution in [1.29, 1.82) is 0 Å². The summed E-state index contributed by atoms with van der Waals surface area (Å²) in [7, 11) is 1.30. The predicted molar refractivity (Wildman–Crippen MR) is 50.6 cm³/mol. The first kappa shape index (κ1) is 11.7. The molecular weight excluding hydrogens is 194 g/mol. The third-order valence-corrected chi connectivity index (χ3v) is 1.32. The minimum Gasteiger partial charge on any atom is -0.464 e. The van der Waals surface area contributed by atoms with E-state index in [1.165, 1.54) is 19.4 Å². The van der Waals surface area contributed by atoms with Crippen LogP contribution in [0.1, 0.15) is 10.5 Å². The van der Waals surface area contributed by atoms with Gasteiger partial charge < -0.3 is 10.2 Å². The summed E-state index contributed by atoms with van der Waals surface area (Å²) in [6, 6.07) is 3.17. The van der Waals surface area contributed by atoms with E-state index in [1.807, 2.05) is 0 Å². The van der Waals surface area contributed by atoms with Gasteiger partial charge in [-0.15, -0.1) is 12.4 Å². The summed E-state index contributed by atoms with van der Waals surface area (Å²) in [5, 5.41) is 0. The quantitative estimate of drug-likeness (QED) is 0.418. The second kappa shape index (κ2) is 5.34. The zero-order valence-electron chi connectivity index (χ0n) is 6.98. The Bertz CT molecular complexity index is 276. The van der Waals surface area contributed by atoms with Crippen LogP contribution in [0.25, 0.3) is 0 Å². The molecule has 72 valence electrons. The standard InChI is InChI=1S/C7H9N3O2.ClH/c1-12-7(11)6-3-2-5(10-8)4-9-6;/h2-4,10H,8H2,1H3;1H. The molecule has 0 saturated heterocycles. The molecule has 0 aromatic carbocycles. The van der Waals surface area contributed by atoms with E-state index < -0.39 is 5.97 Å². The Hall–Kier alpha value is -1.33. The minimum absolute atomic E-state index is 0. The van der Waals surface area contributed by atoms with E-state index in [-0.39, 0.29) is 18.1 Å². The number of anilines is 1. The number of carbonyl (C=O) groups excluding carboxylic acids is 1. The summed E-state index contributed by atoms with van der Waals surface area (Å²) in [5.41, 5.74) is 3.30. The number of rotatable bonds is 2. The maximum Gasteiger partial charge on any atom is 0.356 e. The average Bonchev–Trinajstić information content (AvgIpc) is 2.17. The molecule has 0 aliphatic rings. The number of hydrazine groups is 1. The third kappa shape index (κ3) is 2.89. The summed E-state index contributed by atoms with van der Waals surface area (Å²) in [4.78, 5) is 14.7. The van der Waals surface area contributed by atoms with Crippen LogP contribution in [0.4, 0.5) is 5.69 Å². The van der Waals surface area contributed by atoms with Crippen LogP contribution in [0.5, 0.6) is 0 Å². The first-order valence-corrected chi connectivity index (χ1v) is 3.29. The van der Waals surface area contributed by atoms with Crippen LogP contribution in [0.15, 0.2) is 18.3 Å². The average molecular weight is 204 g/mol. The molecule has 0 bridgehead atoms. The molecular formula is C7H10ClN3O2. The first-order valence-electron chi connectivity index (χ1n) is 3.29. The van der Waals surface area contributed by atoms with Crippen LogP contribution < -0.4 is 11.3 Å². The smallest absolute Gasteiger partial charge is 0.356 e. The van der Waals surface area contributed by atoms with Gasteiger partial charge in [-0.1, -0.05) is 0 Å². The zero-order chi connectivity index (χ0) is 8.97. The van der Waals surface area contributed by atoms with E-state index in [2.05, 4.69) is 15.1 Å². The number of aromatic nitrogens is 1. The second-order valence-electron chi connectivity index (χ2n) is 2.07. The van der Waals surface area contributed by atoms with Crippen LogP contribution in [0, 0.1) is 0 Å². The molecule has 0 aliphatic heterocycles. The highest BCUT2D eigenvalue weighted by molar-refractivity contribution is 5.87. The van der Waals surface area contributed by atoms with Crippen molar-refractivity contribution in [3.63, 3.8) is 0 Å². The number of ether oxygens (including phenoxy) is 1. The van der Waals surface area contributed by atoms with Crippen LogP contribution in [-0.2, 0) is 4.74 Å². The number of hydrogen-bond acceptors (Lipinski definition) is 5. The van der Waals surface area contributed by atoms with E-state index in [4.69, 9.17) is 5.84 Å². The molecule has 0 spiro atoms. The SMILES string of the molecule is COC(=O)c1ccc(NN)cn1.Cl. The first-order chi connectivity index (χ1) is 5.77. The van der Waals surface area contributed by atoms with Gasteiger partial charge in [-0.25, -0.2) is 9.78 Å². The highest BCUT2D eigenvalue weighted by atomic mass is 35.5. The molecule has 1 aromatic heterocycles. The number of nitrogens with one attached hydrogen (secondary N) is 1. The van der Waals surface area contributed by atoms with Gasteiger partial charge in [-0.05, 0) is 12.1 Å². The Morgan fingerprint density at radius 1 is 1.62 bits per heavy atom. The van der Waals surface area contributed by atoms with Crippen LogP contribution in [0.2, 0.25) is 0 Å². The van der Waals surface area contributed by atoms with Crippen LogP contribution in [0.3, 0.4) is 0 Å². The van der Waals surface area contributed by atoms with Gasteiger partial charge in [0.15, 0.2) is 0 Å². The molecule has 0 radical (unpaired) electrons. The fourth-order valence-corrected chi connectivity index (χ4v) is 0.705. The van der Waals surface area contributed by atoms with E-state index in [0.29, 0.717) is 5.69 Å². The fraction of sp³-hybridized carbons (Fsp3) is 0.143. The number of esters is 1. The van der Waals surface area contributed by atoms with E-state index in [0.717, 1.165) is 0 Å². The van der Waals surface area contributed by atoms with Crippen molar-refractivity contribution >= 4 is 24.1 Å². The summed E-state index contributed by atoms with van der Waals surface area (Å²) in [5.74, 6) is 4.64. The number of hydrogen-bond donors (Lipinski definition) is 2. The van der Waals surface area contributed by atoms with Crippen molar-refractivity contribution in [3.05, 3.63) is 24.0 Å². The molecule has 3 N–H and O–H groups in total. The Kier molecular flexibility index (Phi) is 4.79. The van der Waals surface area contributed by atoms with Crippen molar-refractivity contribution in [2.24, 2.45) is 5.84 Å². The maximum absolute atomic E-state index is 10.9. The number of nitrogen functional groups attached to an aromatic ring is 1. The normalized spacial score (nSPS) is 8.46. The molecule has 13 heavy (non-hydrogen) atoms. The molecule has 0 saturated carbocycles. The molecule has 0 aliphatic carbocycles. The molecule has 1 aromatic rings. The number of halogens is 1. The molecule has 0 unspecified atom stereocenters. The zero-order valence-corrected chi connectivity index (χ0v) is 7.80. The summed E-state index contributed by atoms with van der Waals surface area (Å²) >= 11 is 0. The molecule has 0 fully saturated rings. The van der Waals surface area contributed by atoms with Crippen LogP contribution in [-0.4, -0.2) is 18.1 Å². The van der Waals surface area contributed by atoms with Crippen molar-refractivity contribution in [1.82, 2.24) is 4.98 Å². The number of carbonyl (C=O) groups is 1. The summed E-state index contributed by atoms with van der Waals surface area (Å²) in [6.45, 7) is 0. The van der Waals surface area contributed by atoms with Gasteiger partial charge in [0.25, 0.3) is 0 Å². The number of nitrogens with two attached hydrogens (primary N) is 1. The fourth-order valence-electron chi connectivity index (χ4n) is 0.705. The van der Waals surface area contributed by atoms with Crippen LogP contribution >= 0.6 is 12.4 Å². The molecule has 5 nitrogen and oxygen atoms in total. The van der Waals surface area contributed by atoms with Gasteiger partial charge in [-0.3, -0.25) is 5.84 Å². The largest absolute Gasteiger partial charge is 0.464 e. The lowest BCUT2D eigenvalue weighted by molar-refractivity contribution is 0.0594. The Labute approximate surface area is 81.7 Å². The highest BCUT2D eigenvalue weighted by Gasteiger charge is 2.04. The summed E-state index contributed by atoms with van der Waals surface area (Å²) in [6.07, 6.45) is 1.45. The maximum atomic E-state index is 10.9. The van der Waals surface area contributed by atoms with Crippen molar-refractivity contribution in [2.75, 3.05) is 12.5 Å². The van der Waals surface area contributed by atoms with Crippen molar-refractivity contribution in [2.45, 2.75) is 0 Å². The predicted octanol–water partition coefficient (Wildman–Crippen LogP) is 0.576. The van der Waals surface area contributed by atoms with Gasteiger partial charge in [0, 0.05) is 0 Å². The lowest BCUT2D eigenvalue weighted by Crippen LogP contribution is -2.09. The van der Waals surface area contributed by atoms with E-state index in [1.54, 1.807) is 6.07 Å². The third-order valence-electron chi connectivity index (χ3n) is 1.32. The molecule has 0 amide bonds. The minimum atomic E-state index is -0.460. The molecule has 6 heteroatoms. The van der Waals surface area contributed by atoms with E-state index >= 15 is 0 Å². The van der Waals surface area contributed by atoms with Gasteiger partial charge in [0.2, 0.25) is 0 Å². The molecule has 1 heterocycles. The molecule has 1 rings (SSSR count). The number of nitrogens with zero attached hydrogens (tertiary/aromatic N) is 1. The second-order valence-corrected chi connectivity index (χ2v) is 2.07. The highest BCUT2D eigenvalue weighted by Crippen LogP contribution is 2.04. The number of methoxy groups -OCH3 is 1. The summed E-state index contributed by atoms with van der Waals surface area (Å²) < 4.78 is 4.46. The van der Waals surface area contributed by atoms with Crippen molar-refractivity contribution < 1.29 is 9.53 Å². The Morgan fingerprint density at radius 3 is 2.69 bits per heavy atom.